The summed E-state index contributed by atoms with van der Waals surface area (Å²) in [4.78, 5) is 9.53. The van der Waals surface area contributed by atoms with E-state index in [0.717, 1.165) is 12.1 Å². The molecule has 3 nitrogen and oxygen atoms in total. The van der Waals surface area contributed by atoms with Gasteiger partial charge in [0.1, 0.15) is 0 Å². The smallest absolute Gasteiger partial charge is 0.258 e. The third-order valence-electron chi connectivity index (χ3n) is 1.81. The van der Waals surface area contributed by atoms with Crippen molar-refractivity contribution in [3.63, 3.8) is 0 Å². The number of hydrogen-bond donors (Lipinski definition) is 0. The highest BCUT2D eigenvalue weighted by molar-refractivity contribution is 5.42. The van der Waals surface area contributed by atoms with E-state index in [-0.39, 0.29) is 5.56 Å². The summed E-state index contributed by atoms with van der Waals surface area (Å²) in [5.74, 6) is 0. The van der Waals surface area contributed by atoms with Crippen LogP contribution in [0.1, 0.15) is 18.1 Å². The Labute approximate surface area is 83.7 Å². The van der Waals surface area contributed by atoms with Crippen molar-refractivity contribution in [2.45, 2.75) is 13.1 Å². The van der Waals surface area contributed by atoms with Crippen molar-refractivity contribution in [2.75, 3.05) is 0 Å². The summed E-state index contributed by atoms with van der Waals surface area (Å²) >= 11 is 0. The molecule has 0 fully saturated rings. The number of rotatable bonds is 2. The first-order valence-corrected chi connectivity index (χ1v) is 4.00. The summed E-state index contributed by atoms with van der Waals surface area (Å²) in [5.41, 5.74) is -1.39. The van der Waals surface area contributed by atoms with Gasteiger partial charge in [-0.25, -0.2) is 0 Å². The monoisotopic (exact) mass is 218 g/mol. The molecule has 0 aliphatic carbocycles. The number of benzene rings is 1. The summed E-state index contributed by atoms with van der Waals surface area (Å²) in [6, 6.07) is 2.48. The largest absolute Gasteiger partial charge is 0.416 e. The van der Waals surface area contributed by atoms with Crippen molar-refractivity contribution < 1.29 is 18.1 Å². The van der Waals surface area contributed by atoms with E-state index in [0.29, 0.717) is 6.07 Å². The van der Waals surface area contributed by atoms with Gasteiger partial charge in [0.15, 0.2) is 0 Å². The van der Waals surface area contributed by atoms with E-state index in [1.54, 1.807) is 0 Å². The van der Waals surface area contributed by atoms with E-state index in [1.165, 1.54) is 13.3 Å². The van der Waals surface area contributed by atoms with Crippen LogP contribution in [0, 0.1) is 16.5 Å². The maximum Gasteiger partial charge on any atom is 0.416 e. The molecule has 81 valence electrons. The Morgan fingerprint density at radius 1 is 1.33 bits per heavy atom. The first kappa shape index (κ1) is 11.5. The molecule has 0 aromatic heterocycles. The van der Waals surface area contributed by atoms with Crippen molar-refractivity contribution in [3.05, 3.63) is 45.9 Å². The third-order valence-corrected chi connectivity index (χ3v) is 1.81. The first-order valence-electron chi connectivity index (χ1n) is 4.00. The molecular weight excluding hydrogens is 211 g/mol. The molecule has 1 aromatic carbocycles. The minimum atomic E-state index is -4.57. The summed E-state index contributed by atoms with van der Waals surface area (Å²) in [7, 11) is 0. The molecule has 1 rings (SSSR count). The number of non-ortho nitro benzene ring substituents is 1. The highest BCUT2D eigenvalue weighted by atomic mass is 19.4. The van der Waals surface area contributed by atoms with Crippen molar-refractivity contribution in [3.8, 4) is 0 Å². The van der Waals surface area contributed by atoms with E-state index in [2.05, 4.69) is 0 Å². The average Bonchev–Trinajstić information content (AvgIpc) is 2.15. The molecule has 0 aliphatic heterocycles. The number of alkyl halides is 3. The second kappa shape index (κ2) is 3.88. The average molecular weight is 218 g/mol. The first-order chi connectivity index (χ1) is 6.84. The lowest BCUT2D eigenvalue weighted by Gasteiger charge is -2.07. The van der Waals surface area contributed by atoms with Crippen molar-refractivity contribution in [1.82, 2.24) is 0 Å². The van der Waals surface area contributed by atoms with Gasteiger partial charge >= 0.3 is 6.18 Å². The van der Waals surface area contributed by atoms with Gasteiger partial charge in [0.05, 0.1) is 10.5 Å². The van der Waals surface area contributed by atoms with Gasteiger partial charge in [-0.05, 0) is 18.1 Å². The molecule has 1 radical (unpaired) electrons. The Bertz CT molecular complexity index is 387. The minimum Gasteiger partial charge on any atom is -0.258 e. The Morgan fingerprint density at radius 2 is 1.93 bits per heavy atom. The number of nitrogens with zero attached hydrogens (tertiary/aromatic N) is 1. The van der Waals surface area contributed by atoms with E-state index in [9.17, 15) is 23.3 Å². The third kappa shape index (κ3) is 2.68. The van der Waals surface area contributed by atoms with Gasteiger partial charge in [-0.1, -0.05) is 6.92 Å². The van der Waals surface area contributed by atoms with Gasteiger partial charge in [-0.2, -0.15) is 13.2 Å². The Balaban J connectivity index is 3.30. The van der Waals surface area contributed by atoms with Crippen LogP contribution >= 0.6 is 0 Å². The molecule has 0 bridgehead atoms. The van der Waals surface area contributed by atoms with Crippen LogP contribution in [0.25, 0.3) is 0 Å². The van der Waals surface area contributed by atoms with Crippen molar-refractivity contribution in [1.29, 1.82) is 0 Å². The molecule has 0 heterocycles. The Morgan fingerprint density at radius 3 is 2.33 bits per heavy atom. The molecule has 15 heavy (non-hydrogen) atoms. The second-order valence-electron chi connectivity index (χ2n) is 2.86. The molecule has 0 atom stereocenters. The molecule has 0 spiro atoms. The lowest BCUT2D eigenvalue weighted by atomic mass is 10.1. The topological polar surface area (TPSA) is 43.1 Å². The summed E-state index contributed by atoms with van der Waals surface area (Å²) in [6.45, 7) is 1.51. The highest BCUT2D eigenvalue weighted by Crippen LogP contribution is 2.32. The Kier molecular flexibility index (Phi) is 2.97. The molecule has 0 amide bonds. The van der Waals surface area contributed by atoms with E-state index < -0.39 is 22.4 Å². The van der Waals surface area contributed by atoms with Gasteiger partial charge in [-0.3, -0.25) is 10.1 Å². The SMILES string of the molecule is C[CH]c1cc([N+](=O)[O-])cc(C(F)(F)F)c1. The van der Waals surface area contributed by atoms with Gasteiger partial charge < -0.3 is 0 Å². The molecule has 0 N–H and O–H groups in total. The second-order valence-corrected chi connectivity index (χ2v) is 2.86. The van der Waals surface area contributed by atoms with Gasteiger partial charge in [0.2, 0.25) is 0 Å². The lowest BCUT2D eigenvalue weighted by molar-refractivity contribution is -0.385. The van der Waals surface area contributed by atoms with Crippen LogP contribution in [0.15, 0.2) is 18.2 Å². The van der Waals surface area contributed by atoms with Gasteiger partial charge in [0, 0.05) is 12.1 Å². The van der Waals surface area contributed by atoms with Crippen LogP contribution in [0.3, 0.4) is 0 Å². The molecule has 6 heteroatoms. The maximum atomic E-state index is 12.3. The number of nitro benzene ring substituents is 1. The quantitative estimate of drug-likeness (QED) is 0.565. The molecule has 0 saturated carbocycles. The maximum absolute atomic E-state index is 12.3. The fourth-order valence-electron chi connectivity index (χ4n) is 1.07. The zero-order valence-electron chi connectivity index (χ0n) is 7.71. The number of hydrogen-bond acceptors (Lipinski definition) is 2. The Hall–Kier alpha value is -1.59. The predicted molar refractivity (Wildman–Crippen MR) is 47.2 cm³/mol. The number of halogens is 3. The number of nitro groups is 1. The molecule has 0 unspecified atom stereocenters. The predicted octanol–water partition coefficient (Wildman–Crippen LogP) is 3.19. The van der Waals surface area contributed by atoms with Crippen molar-refractivity contribution >= 4 is 5.69 Å². The van der Waals surface area contributed by atoms with Crippen LogP contribution in [0.5, 0.6) is 0 Å². The standard InChI is InChI=1S/C9H7F3NO2/c1-2-6-3-7(9(10,11)12)5-8(4-6)13(14)15/h2-5H,1H3. The minimum absolute atomic E-state index is 0.177. The lowest BCUT2D eigenvalue weighted by Crippen LogP contribution is -2.06. The summed E-state index contributed by atoms with van der Waals surface area (Å²) in [5, 5.41) is 10.4. The van der Waals surface area contributed by atoms with E-state index in [4.69, 9.17) is 0 Å². The van der Waals surface area contributed by atoms with Crippen LogP contribution in [-0.2, 0) is 6.18 Å². The van der Waals surface area contributed by atoms with Crippen LogP contribution in [-0.4, -0.2) is 4.92 Å². The molecule has 0 aliphatic rings. The zero-order chi connectivity index (χ0) is 11.6. The zero-order valence-corrected chi connectivity index (χ0v) is 7.71. The normalized spacial score (nSPS) is 11.5. The van der Waals surface area contributed by atoms with Crippen LogP contribution in [0.2, 0.25) is 0 Å². The van der Waals surface area contributed by atoms with Crippen LogP contribution in [0.4, 0.5) is 18.9 Å². The fourth-order valence-corrected chi connectivity index (χ4v) is 1.07. The molecule has 1 aromatic rings. The van der Waals surface area contributed by atoms with E-state index in [1.807, 2.05) is 0 Å². The molecular formula is C9H7F3NO2. The molecule has 0 saturated heterocycles. The van der Waals surface area contributed by atoms with Crippen molar-refractivity contribution in [2.24, 2.45) is 0 Å². The van der Waals surface area contributed by atoms with Crippen LogP contribution < -0.4 is 0 Å². The van der Waals surface area contributed by atoms with Gasteiger partial charge in [-0.15, -0.1) is 0 Å². The van der Waals surface area contributed by atoms with E-state index >= 15 is 0 Å². The summed E-state index contributed by atoms with van der Waals surface area (Å²) in [6.07, 6.45) is -3.19. The van der Waals surface area contributed by atoms with Gasteiger partial charge in [0.25, 0.3) is 5.69 Å². The fraction of sp³-hybridized carbons (Fsp3) is 0.222. The highest BCUT2D eigenvalue weighted by Gasteiger charge is 2.32. The summed E-state index contributed by atoms with van der Waals surface area (Å²) < 4.78 is 36.9.